The third-order valence-electron chi connectivity index (χ3n) is 3.13. The minimum Gasteiger partial charge on any atom is -0.411 e. The zero-order valence-corrected chi connectivity index (χ0v) is 11.3. The van der Waals surface area contributed by atoms with Crippen molar-refractivity contribution in [2.45, 2.75) is 26.1 Å². The highest BCUT2D eigenvalue weighted by Crippen LogP contribution is 2.15. The van der Waals surface area contributed by atoms with Crippen molar-refractivity contribution in [3.05, 3.63) is 59.7 Å². The Labute approximate surface area is 118 Å². The number of rotatable bonds is 5. The molecule has 1 aliphatic rings. The van der Waals surface area contributed by atoms with E-state index < -0.39 is 0 Å². The first-order chi connectivity index (χ1) is 9.72. The normalized spacial score (nSPS) is 18.2. The molecule has 0 bridgehead atoms. The molecule has 0 saturated carbocycles. The van der Waals surface area contributed by atoms with E-state index in [9.17, 15) is 4.79 Å². The molecule has 104 valence electrons. The van der Waals surface area contributed by atoms with Gasteiger partial charge in [-0.2, -0.15) is 0 Å². The highest BCUT2D eigenvalue weighted by molar-refractivity contribution is 6.45. The smallest absolute Gasteiger partial charge is 0.210 e. The molecule has 0 saturated heterocycles. The minimum absolute atomic E-state index is 0.0377. The Balaban J connectivity index is 2.10. The molecule has 4 heteroatoms. The Morgan fingerprint density at radius 1 is 1.40 bits per heavy atom. The van der Waals surface area contributed by atoms with Crippen molar-refractivity contribution in [2.24, 2.45) is 5.16 Å². The second-order valence-electron chi connectivity index (χ2n) is 4.57. The lowest BCUT2D eigenvalue weighted by atomic mass is 10.0. The summed E-state index contributed by atoms with van der Waals surface area (Å²) in [5, 5.41) is 11.7. The number of Topliss-reactive ketones (excluding diaryl/α,β-unsaturated/α-hetero) is 1. The molecule has 0 amide bonds. The number of hydrogen-bond donors (Lipinski definition) is 1. The maximum absolute atomic E-state index is 12.1. The highest BCUT2D eigenvalue weighted by Gasteiger charge is 2.15. The number of carbonyl (C=O) groups is 1. The summed E-state index contributed by atoms with van der Waals surface area (Å²) in [6, 6.07) is 7.20. The second-order valence-corrected chi connectivity index (χ2v) is 4.57. The first-order valence-corrected chi connectivity index (χ1v) is 6.48. The third kappa shape index (κ3) is 3.42. The van der Waals surface area contributed by atoms with Gasteiger partial charge in [-0.1, -0.05) is 53.7 Å². The summed E-state index contributed by atoms with van der Waals surface area (Å²) in [5.74, 6) is -0.286. The first kappa shape index (κ1) is 14.2. The van der Waals surface area contributed by atoms with Gasteiger partial charge in [-0.15, -0.1) is 0 Å². The maximum Gasteiger partial charge on any atom is 0.210 e. The van der Waals surface area contributed by atoms with Gasteiger partial charge in [0.1, 0.15) is 5.71 Å². The van der Waals surface area contributed by atoms with Crippen LogP contribution < -0.4 is 0 Å². The fourth-order valence-electron chi connectivity index (χ4n) is 1.99. The molecule has 4 nitrogen and oxygen atoms in total. The molecule has 1 unspecified atom stereocenters. The number of ether oxygens (including phenoxy) is 1. The van der Waals surface area contributed by atoms with Gasteiger partial charge in [0.2, 0.25) is 5.78 Å². The molecule has 0 heterocycles. The van der Waals surface area contributed by atoms with E-state index in [0.29, 0.717) is 12.2 Å². The Morgan fingerprint density at radius 2 is 2.20 bits per heavy atom. The third-order valence-corrected chi connectivity index (χ3v) is 3.13. The van der Waals surface area contributed by atoms with Gasteiger partial charge in [-0.25, -0.2) is 0 Å². The van der Waals surface area contributed by atoms with Crippen LogP contribution in [0, 0.1) is 0 Å². The summed E-state index contributed by atoms with van der Waals surface area (Å²) < 4.78 is 5.78. The van der Waals surface area contributed by atoms with Crippen molar-refractivity contribution < 1.29 is 14.7 Å². The number of oxime groups is 1. The molecule has 2 rings (SSSR count). The van der Waals surface area contributed by atoms with Crippen molar-refractivity contribution >= 4 is 11.5 Å². The summed E-state index contributed by atoms with van der Waals surface area (Å²) >= 11 is 0. The van der Waals surface area contributed by atoms with Crippen molar-refractivity contribution in [1.29, 1.82) is 0 Å². The molecule has 0 fully saturated rings. The van der Waals surface area contributed by atoms with E-state index in [1.807, 2.05) is 36.4 Å². The van der Waals surface area contributed by atoms with Crippen LogP contribution in [0.1, 0.15) is 29.3 Å². The fourth-order valence-corrected chi connectivity index (χ4v) is 1.99. The first-order valence-electron chi connectivity index (χ1n) is 6.48. The summed E-state index contributed by atoms with van der Waals surface area (Å²) in [6.45, 7) is 1.83. The van der Waals surface area contributed by atoms with Crippen LogP contribution >= 0.6 is 0 Å². The van der Waals surface area contributed by atoms with Gasteiger partial charge in [-0.05, 0) is 18.9 Å². The lowest BCUT2D eigenvalue weighted by Gasteiger charge is -2.15. The molecule has 1 aromatic carbocycles. The predicted octanol–water partition coefficient (Wildman–Crippen LogP) is 3.12. The molecule has 1 N–H and O–H groups in total. The average Bonchev–Trinajstić information content (AvgIpc) is 2.52. The molecule has 0 radical (unpaired) electrons. The summed E-state index contributed by atoms with van der Waals surface area (Å²) in [5.41, 5.74) is 1.37. The SMILES string of the molecule is C/C(=N\O)C(=O)c1ccccc1COC1C=CC=CC1. The fraction of sp³-hybridized carbons (Fsp3) is 0.250. The van der Waals surface area contributed by atoms with Crippen LogP contribution in [0.5, 0.6) is 0 Å². The number of allylic oxidation sites excluding steroid dienone is 2. The maximum atomic E-state index is 12.1. The van der Waals surface area contributed by atoms with E-state index >= 15 is 0 Å². The van der Waals surface area contributed by atoms with Crippen LogP contribution in [0.25, 0.3) is 0 Å². The molecular formula is C16H17NO3. The zero-order valence-electron chi connectivity index (χ0n) is 11.3. The summed E-state index contributed by atoms with van der Waals surface area (Å²) in [6.07, 6.45) is 8.85. The number of hydrogen-bond acceptors (Lipinski definition) is 4. The zero-order chi connectivity index (χ0) is 14.4. The Hall–Kier alpha value is -2.20. The van der Waals surface area contributed by atoms with E-state index in [-0.39, 0.29) is 17.6 Å². The van der Waals surface area contributed by atoms with Gasteiger partial charge in [0.15, 0.2) is 0 Å². The number of carbonyl (C=O) groups excluding carboxylic acids is 1. The lowest BCUT2D eigenvalue weighted by Crippen LogP contribution is -2.15. The van der Waals surface area contributed by atoms with Crippen LogP contribution in [-0.4, -0.2) is 22.8 Å². The monoisotopic (exact) mass is 271 g/mol. The van der Waals surface area contributed by atoms with Crippen molar-refractivity contribution in [3.8, 4) is 0 Å². The van der Waals surface area contributed by atoms with Gasteiger partial charge in [0.25, 0.3) is 0 Å². The van der Waals surface area contributed by atoms with Gasteiger partial charge >= 0.3 is 0 Å². The molecule has 20 heavy (non-hydrogen) atoms. The van der Waals surface area contributed by atoms with E-state index in [2.05, 4.69) is 5.16 Å². The van der Waals surface area contributed by atoms with Gasteiger partial charge in [0, 0.05) is 5.56 Å². The molecule has 1 aromatic rings. The Morgan fingerprint density at radius 3 is 2.90 bits per heavy atom. The Kier molecular flexibility index (Phi) is 4.85. The molecule has 0 aliphatic heterocycles. The van der Waals surface area contributed by atoms with E-state index in [4.69, 9.17) is 9.94 Å². The quantitative estimate of drug-likeness (QED) is 0.387. The summed E-state index contributed by atoms with van der Waals surface area (Å²) in [7, 11) is 0. The number of benzene rings is 1. The van der Waals surface area contributed by atoms with Crippen molar-refractivity contribution in [2.75, 3.05) is 0 Å². The second kappa shape index (κ2) is 6.82. The van der Waals surface area contributed by atoms with Gasteiger partial charge in [0.05, 0.1) is 12.7 Å². The average molecular weight is 271 g/mol. The highest BCUT2D eigenvalue weighted by atomic mass is 16.5. The van der Waals surface area contributed by atoms with Gasteiger partial charge in [-0.3, -0.25) is 4.79 Å². The molecule has 0 aromatic heterocycles. The standard InChI is InChI=1S/C16H17NO3/c1-12(17-19)16(18)15-10-6-5-7-13(15)11-20-14-8-3-2-4-9-14/h2-8,10,14,19H,9,11H2,1H3/b17-12+. The van der Waals surface area contributed by atoms with Gasteiger partial charge < -0.3 is 9.94 Å². The van der Waals surface area contributed by atoms with E-state index in [1.54, 1.807) is 12.1 Å². The lowest BCUT2D eigenvalue weighted by molar-refractivity contribution is 0.0724. The van der Waals surface area contributed by atoms with Crippen molar-refractivity contribution in [3.63, 3.8) is 0 Å². The van der Waals surface area contributed by atoms with Crippen LogP contribution in [0.2, 0.25) is 0 Å². The molecule has 1 atom stereocenters. The Bertz CT molecular complexity index is 573. The number of nitrogens with zero attached hydrogens (tertiary/aromatic N) is 1. The van der Waals surface area contributed by atoms with Crippen LogP contribution in [0.15, 0.2) is 53.7 Å². The number of ketones is 1. The van der Waals surface area contributed by atoms with E-state index in [0.717, 1.165) is 12.0 Å². The largest absolute Gasteiger partial charge is 0.411 e. The van der Waals surface area contributed by atoms with E-state index in [1.165, 1.54) is 6.92 Å². The molecule has 1 aliphatic carbocycles. The summed E-state index contributed by atoms with van der Waals surface area (Å²) in [4.78, 5) is 12.1. The van der Waals surface area contributed by atoms with Crippen LogP contribution in [-0.2, 0) is 11.3 Å². The van der Waals surface area contributed by atoms with Crippen LogP contribution in [0.4, 0.5) is 0 Å². The molecule has 0 spiro atoms. The van der Waals surface area contributed by atoms with Crippen molar-refractivity contribution in [1.82, 2.24) is 0 Å². The van der Waals surface area contributed by atoms with Crippen LogP contribution in [0.3, 0.4) is 0 Å². The minimum atomic E-state index is -0.286. The topological polar surface area (TPSA) is 58.9 Å². The predicted molar refractivity (Wildman–Crippen MR) is 77.1 cm³/mol. The molecular weight excluding hydrogens is 254 g/mol.